The number of aromatic amines is 1. The summed E-state index contributed by atoms with van der Waals surface area (Å²) in [6.07, 6.45) is 4.54. The first-order chi connectivity index (χ1) is 11.1. The van der Waals surface area contributed by atoms with E-state index in [1.807, 2.05) is 0 Å². The van der Waals surface area contributed by atoms with Gasteiger partial charge < -0.3 is 9.88 Å². The van der Waals surface area contributed by atoms with E-state index in [1.54, 1.807) is 29.3 Å². The van der Waals surface area contributed by atoms with E-state index < -0.39 is 0 Å². The highest BCUT2D eigenvalue weighted by molar-refractivity contribution is 5.98. The maximum atomic E-state index is 12.5. The van der Waals surface area contributed by atoms with E-state index in [1.165, 1.54) is 18.3 Å². The summed E-state index contributed by atoms with van der Waals surface area (Å²) < 4.78 is 0. The normalized spacial score (nSPS) is 17.7. The van der Waals surface area contributed by atoms with Crippen molar-refractivity contribution < 1.29 is 9.59 Å². The van der Waals surface area contributed by atoms with Crippen LogP contribution >= 0.6 is 0 Å². The zero-order chi connectivity index (χ0) is 16.2. The molecule has 3 heterocycles. The molecule has 6 nitrogen and oxygen atoms in total. The molecule has 1 aliphatic heterocycles. The molecular formula is C17H17N3O3. The molecule has 1 atom stereocenters. The number of nitrogens with zero attached hydrogens (tertiary/aromatic N) is 2. The second-order valence-corrected chi connectivity index (χ2v) is 5.61. The summed E-state index contributed by atoms with van der Waals surface area (Å²) >= 11 is 0. The van der Waals surface area contributed by atoms with Gasteiger partial charge >= 0.3 is 0 Å². The van der Waals surface area contributed by atoms with Crippen LogP contribution in [0.15, 0.2) is 47.5 Å². The minimum absolute atomic E-state index is 0.0235. The highest BCUT2D eigenvalue weighted by atomic mass is 16.2. The standard InChI is InChI=1S/C17H17N3O3/c21-15-7-6-12(10-19-15)17(23)20-9-3-4-13(11-20)16(22)14-5-1-2-8-18-14/h1-2,5-8,10,13H,3-4,9,11H2,(H,19,21). The lowest BCUT2D eigenvalue weighted by Gasteiger charge is -2.31. The van der Waals surface area contributed by atoms with Gasteiger partial charge in [0.2, 0.25) is 5.56 Å². The zero-order valence-corrected chi connectivity index (χ0v) is 12.6. The molecule has 0 aliphatic carbocycles. The fourth-order valence-electron chi connectivity index (χ4n) is 2.82. The Morgan fingerprint density at radius 2 is 2.09 bits per heavy atom. The van der Waals surface area contributed by atoms with Gasteiger partial charge in [0.25, 0.3) is 5.91 Å². The molecule has 2 aromatic rings. The molecule has 6 heteroatoms. The predicted molar refractivity (Wildman–Crippen MR) is 84.3 cm³/mol. The van der Waals surface area contributed by atoms with E-state index >= 15 is 0 Å². The molecule has 0 saturated carbocycles. The third-order valence-electron chi connectivity index (χ3n) is 4.03. The van der Waals surface area contributed by atoms with E-state index in [0.29, 0.717) is 24.3 Å². The molecule has 1 amide bonds. The molecule has 1 saturated heterocycles. The summed E-state index contributed by atoms with van der Waals surface area (Å²) in [5.41, 5.74) is 0.620. The summed E-state index contributed by atoms with van der Waals surface area (Å²) in [7, 11) is 0. The van der Waals surface area contributed by atoms with Crippen LogP contribution in [0.5, 0.6) is 0 Å². The summed E-state index contributed by atoms with van der Waals surface area (Å²) in [5, 5.41) is 0. The van der Waals surface area contributed by atoms with Gasteiger partial charge in [-0.25, -0.2) is 0 Å². The molecule has 0 bridgehead atoms. The number of likely N-dealkylation sites (tertiary alicyclic amines) is 1. The number of nitrogens with one attached hydrogen (secondary N) is 1. The number of pyridine rings is 2. The largest absolute Gasteiger partial charge is 0.338 e. The average Bonchev–Trinajstić information content (AvgIpc) is 2.62. The fourth-order valence-corrected chi connectivity index (χ4v) is 2.82. The number of amides is 1. The zero-order valence-electron chi connectivity index (χ0n) is 12.6. The van der Waals surface area contributed by atoms with Gasteiger partial charge in [-0.3, -0.25) is 19.4 Å². The maximum absolute atomic E-state index is 12.5. The number of rotatable bonds is 3. The van der Waals surface area contributed by atoms with E-state index in [9.17, 15) is 14.4 Å². The van der Waals surface area contributed by atoms with Crippen LogP contribution in [-0.2, 0) is 0 Å². The van der Waals surface area contributed by atoms with E-state index in [4.69, 9.17) is 0 Å². The van der Waals surface area contributed by atoms with Gasteiger partial charge in [0.15, 0.2) is 5.78 Å². The number of H-pyrrole nitrogens is 1. The first kappa shape index (κ1) is 15.1. The fraction of sp³-hybridized carbons (Fsp3) is 0.294. The number of carbonyl (C=O) groups excluding carboxylic acids is 2. The first-order valence-corrected chi connectivity index (χ1v) is 7.58. The van der Waals surface area contributed by atoms with Crippen molar-refractivity contribution in [2.24, 2.45) is 5.92 Å². The highest BCUT2D eigenvalue weighted by Gasteiger charge is 2.30. The van der Waals surface area contributed by atoms with Gasteiger partial charge in [0.1, 0.15) is 5.69 Å². The van der Waals surface area contributed by atoms with Gasteiger partial charge in [0, 0.05) is 37.5 Å². The Morgan fingerprint density at radius 3 is 2.78 bits per heavy atom. The summed E-state index contributed by atoms with van der Waals surface area (Å²) in [4.78, 5) is 44.3. The van der Waals surface area contributed by atoms with Crippen molar-refractivity contribution >= 4 is 11.7 Å². The molecule has 23 heavy (non-hydrogen) atoms. The molecule has 0 spiro atoms. The van der Waals surface area contributed by atoms with Crippen LogP contribution in [0.1, 0.15) is 33.7 Å². The van der Waals surface area contributed by atoms with Crippen LogP contribution in [0.4, 0.5) is 0 Å². The Balaban J connectivity index is 1.73. The smallest absolute Gasteiger partial charge is 0.255 e. The van der Waals surface area contributed by atoms with E-state index in [2.05, 4.69) is 9.97 Å². The molecule has 1 unspecified atom stereocenters. The minimum atomic E-state index is -0.247. The van der Waals surface area contributed by atoms with Gasteiger partial charge in [-0.2, -0.15) is 0 Å². The number of Topliss-reactive ketones (excluding diaryl/α,β-unsaturated/α-hetero) is 1. The maximum Gasteiger partial charge on any atom is 0.255 e. The molecule has 1 N–H and O–H groups in total. The Kier molecular flexibility index (Phi) is 4.32. The number of hydrogen-bond acceptors (Lipinski definition) is 4. The van der Waals surface area contributed by atoms with Gasteiger partial charge in [-0.15, -0.1) is 0 Å². The van der Waals surface area contributed by atoms with Gasteiger partial charge in [0.05, 0.1) is 5.56 Å². The topological polar surface area (TPSA) is 83.1 Å². The van der Waals surface area contributed by atoms with Crippen molar-refractivity contribution in [2.45, 2.75) is 12.8 Å². The molecule has 3 rings (SSSR count). The Morgan fingerprint density at radius 1 is 1.22 bits per heavy atom. The Bertz CT molecular complexity index is 750. The van der Waals surface area contributed by atoms with Gasteiger partial charge in [-0.05, 0) is 31.0 Å². The molecule has 1 fully saturated rings. The minimum Gasteiger partial charge on any atom is -0.338 e. The van der Waals surface area contributed by atoms with Crippen LogP contribution < -0.4 is 5.56 Å². The van der Waals surface area contributed by atoms with Crippen molar-refractivity contribution in [3.8, 4) is 0 Å². The number of hydrogen-bond donors (Lipinski definition) is 1. The molecule has 1 aliphatic rings. The second-order valence-electron chi connectivity index (χ2n) is 5.61. The lowest BCUT2D eigenvalue weighted by molar-refractivity contribution is 0.0635. The number of aromatic nitrogens is 2. The Labute approximate surface area is 133 Å². The lowest BCUT2D eigenvalue weighted by atomic mass is 9.91. The molecule has 2 aromatic heterocycles. The van der Waals surface area contributed by atoms with Crippen LogP contribution in [0.25, 0.3) is 0 Å². The van der Waals surface area contributed by atoms with Crippen molar-refractivity contribution in [2.75, 3.05) is 13.1 Å². The monoisotopic (exact) mass is 311 g/mol. The summed E-state index contributed by atoms with van der Waals surface area (Å²) in [6.45, 7) is 0.997. The molecule has 0 aromatic carbocycles. The first-order valence-electron chi connectivity index (χ1n) is 7.58. The van der Waals surface area contributed by atoms with Crippen molar-refractivity contribution in [1.29, 1.82) is 0 Å². The SMILES string of the molecule is O=C(c1ccccn1)C1CCCN(C(=O)c2ccc(=O)[nH]c2)C1. The van der Waals surface area contributed by atoms with Crippen LogP contribution in [0, 0.1) is 5.92 Å². The quantitative estimate of drug-likeness (QED) is 0.871. The number of carbonyl (C=O) groups is 2. The van der Waals surface area contributed by atoms with E-state index in [-0.39, 0.29) is 23.2 Å². The molecule has 0 radical (unpaired) electrons. The van der Waals surface area contributed by atoms with E-state index in [0.717, 1.165) is 12.8 Å². The van der Waals surface area contributed by atoms with Crippen LogP contribution in [-0.4, -0.2) is 39.6 Å². The van der Waals surface area contributed by atoms with Crippen molar-refractivity contribution in [1.82, 2.24) is 14.9 Å². The third-order valence-corrected chi connectivity index (χ3v) is 4.03. The third kappa shape index (κ3) is 3.36. The van der Waals surface area contributed by atoms with Crippen LogP contribution in [0.3, 0.4) is 0 Å². The Hall–Kier alpha value is -2.76. The highest BCUT2D eigenvalue weighted by Crippen LogP contribution is 2.21. The summed E-state index contributed by atoms with van der Waals surface area (Å²) in [5.74, 6) is -0.422. The molecule has 118 valence electrons. The molecular weight excluding hydrogens is 294 g/mol. The van der Waals surface area contributed by atoms with Crippen molar-refractivity contribution in [3.05, 3.63) is 64.3 Å². The number of piperidine rings is 1. The lowest BCUT2D eigenvalue weighted by Crippen LogP contribution is -2.42. The average molecular weight is 311 g/mol. The predicted octanol–water partition coefficient (Wildman–Crippen LogP) is 1.50. The van der Waals surface area contributed by atoms with Crippen molar-refractivity contribution in [3.63, 3.8) is 0 Å². The summed E-state index contributed by atoms with van der Waals surface area (Å²) in [6, 6.07) is 8.08. The second kappa shape index (κ2) is 6.56. The van der Waals surface area contributed by atoms with Gasteiger partial charge in [-0.1, -0.05) is 6.07 Å². The number of ketones is 1. The van der Waals surface area contributed by atoms with Crippen LogP contribution in [0.2, 0.25) is 0 Å².